The van der Waals surface area contributed by atoms with Gasteiger partial charge in [-0.2, -0.15) is 57.1 Å². The van der Waals surface area contributed by atoms with Crippen LogP contribution < -0.4 is 0 Å². The van der Waals surface area contributed by atoms with Crippen LogP contribution in [0.2, 0.25) is 0 Å². The van der Waals surface area contributed by atoms with Crippen molar-refractivity contribution in [1.82, 2.24) is 0 Å². The third kappa shape index (κ3) is 2.69. The lowest BCUT2D eigenvalue weighted by Crippen LogP contribution is -2.72. The zero-order valence-corrected chi connectivity index (χ0v) is 10.0. The molecule has 14 heteroatoms. The summed E-state index contributed by atoms with van der Waals surface area (Å²) < 4.78 is 164. The molecule has 0 aliphatic rings. The minimum absolute atomic E-state index is 0.322. The van der Waals surface area contributed by atoms with Gasteiger partial charge >= 0.3 is 36.0 Å². The largest absolute Gasteiger partial charge is 0.460 e. The highest BCUT2D eigenvalue weighted by atomic mass is 19.4. The first kappa shape index (κ1) is 21.0. The van der Waals surface area contributed by atoms with Gasteiger partial charge in [-0.25, -0.2) is 0 Å². The summed E-state index contributed by atoms with van der Waals surface area (Å²) in [6, 6.07) is 0. The molecule has 1 unspecified atom stereocenters. The van der Waals surface area contributed by atoms with E-state index < -0.39 is 42.6 Å². The minimum Gasteiger partial charge on any atom is -0.336 e. The molecule has 0 saturated carbocycles. The molecule has 0 rings (SSSR count). The van der Waals surface area contributed by atoms with Crippen LogP contribution in [0.1, 0.15) is 6.92 Å². The van der Waals surface area contributed by atoms with Gasteiger partial charge in [0.25, 0.3) is 0 Å². The number of ether oxygens (including phenoxy) is 1. The van der Waals surface area contributed by atoms with Crippen molar-refractivity contribution in [2.75, 3.05) is 6.61 Å². The van der Waals surface area contributed by atoms with Gasteiger partial charge < -0.3 is 4.74 Å². The van der Waals surface area contributed by atoms with Crippen molar-refractivity contribution in [2.24, 2.45) is 0 Å². The van der Waals surface area contributed by atoms with Crippen molar-refractivity contribution >= 4 is 0 Å². The second-order valence-corrected chi connectivity index (χ2v) is 3.75. The molecule has 0 aromatic rings. The molecule has 0 amide bonds. The van der Waals surface area contributed by atoms with Crippen molar-refractivity contribution in [3.63, 3.8) is 0 Å². The standard InChI is InChI=1S/C8H5F13O/c1-2-22-6(15,5(13,14)8(19,20)21)3(9,10)4(11,12)7(16,17)18/h2H2,1H3. The molecule has 0 saturated heterocycles. The van der Waals surface area contributed by atoms with Crippen molar-refractivity contribution < 1.29 is 61.8 Å². The first-order valence-corrected chi connectivity index (χ1v) is 4.91. The van der Waals surface area contributed by atoms with Crippen LogP contribution in [0.15, 0.2) is 0 Å². The zero-order chi connectivity index (χ0) is 18.4. The molecule has 0 N–H and O–H groups in total. The van der Waals surface area contributed by atoms with E-state index in [2.05, 4.69) is 4.74 Å². The maximum atomic E-state index is 13.4. The van der Waals surface area contributed by atoms with Crippen LogP contribution in [0.4, 0.5) is 57.1 Å². The number of halogens is 13. The average Bonchev–Trinajstić information content (AvgIpc) is 2.25. The summed E-state index contributed by atoms with van der Waals surface area (Å²) in [5, 5.41) is 0. The minimum atomic E-state index is -7.59. The number of alkyl halides is 13. The van der Waals surface area contributed by atoms with E-state index in [-0.39, 0.29) is 0 Å². The van der Waals surface area contributed by atoms with E-state index in [4.69, 9.17) is 0 Å². The average molecular weight is 364 g/mol. The highest BCUT2D eigenvalue weighted by Crippen LogP contribution is 2.60. The molecule has 0 heterocycles. The Bertz CT molecular complexity index is 394. The molecule has 0 bridgehead atoms. The fourth-order valence-corrected chi connectivity index (χ4v) is 1.14. The lowest BCUT2D eigenvalue weighted by Gasteiger charge is -2.41. The van der Waals surface area contributed by atoms with E-state index in [1.165, 1.54) is 0 Å². The first-order chi connectivity index (χ1) is 9.31. The Kier molecular flexibility index (Phi) is 5.07. The van der Waals surface area contributed by atoms with Gasteiger partial charge in [-0.1, -0.05) is 0 Å². The molecule has 0 aliphatic heterocycles. The van der Waals surface area contributed by atoms with Gasteiger partial charge in [0.2, 0.25) is 0 Å². The van der Waals surface area contributed by atoms with Gasteiger partial charge in [0.05, 0.1) is 0 Å². The summed E-state index contributed by atoms with van der Waals surface area (Å²) >= 11 is 0. The number of hydrogen-bond donors (Lipinski definition) is 0. The summed E-state index contributed by atoms with van der Waals surface area (Å²) in [5.41, 5.74) is 0. The maximum Gasteiger partial charge on any atom is 0.460 e. The Morgan fingerprint density at radius 2 is 0.864 bits per heavy atom. The maximum absolute atomic E-state index is 13.4. The molecule has 0 aromatic heterocycles. The van der Waals surface area contributed by atoms with Crippen LogP contribution in [-0.2, 0) is 4.74 Å². The van der Waals surface area contributed by atoms with Gasteiger partial charge in [-0.3, -0.25) is 0 Å². The van der Waals surface area contributed by atoms with E-state index in [1.54, 1.807) is 0 Å². The second kappa shape index (κ2) is 5.30. The molecule has 0 aliphatic carbocycles. The highest BCUT2D eigenvalue weighted by Gasteiger charge is 2.91. The Balaban J connectivity index is 6.39. The van der Waals surface area contributed by atoms with E-state index >= 15 is 0 Å². The van der Waals surface area contributed by atoms with Crippen molar-refractivity contribution in [2.45, 2.75) is 42.9 Å². The summed E-state index contributed by atoms with van der Waals surface area (Å²) in [6.07, 6.45) is -14.6. The second-order valence-electron chi connectivity index (χ2n) is 3.75. The Labute approximate surface area is 113 Å². The molecule has 0 aromatic carbocycles. The van der Waals surface area contributed by atoms with Crippen LogP contribution in [0.3, 0.4) is 0 Å². The summed E-state index contributed by atoms with van der Waals surface area (Å²) in [7, 11) is 0. The Morgan fingerprint density at radius 3 is 1.09 bits per heavy atom. The van der Waals surface area contributed by atoms with Gasteiger partial charge in [-0.05, 0) is 6.92 Å². The van der Waals surface area contributed by atoms with Crippen LogP contribution in [0, 0.1) is 0 Å². The number of hydrogen-bond acceptors (Lipinski definition) is 1. The SMILES string of the molecule is CCOC(F)(C(F)(F)C(F)(F)F)C(F)(F)C(F)(F)C(F)(F)F. The van der Waals surface area contributed by atoms with Crippen LogP contribution in [0.5, 0.6) is 0 Å². The smallest absolute Gasteiger partial charge is 0.336 e. The summed E-state index contributed by atoms with van der Waals surface area (Å²) in [5.74, 6) is -29.5. The molecule has 0 radical (unpaired) electrons. The van der Waals surface area contributed by atoms with Crippen molar-refractivity contribution in [3.8, 4) is 0 Å². The van der Waals surface area contributed by atoms with Crippen LogP contribution in [-0.4, -0.2) is 42.6 Å². The normalized spacial score (nSPS) is 18.3. The van der Waals surface area contributed by atoms with Crippen molar-refractivity contribution in [1.29, 1.82) is 0 Å². The van der Waals surface area contributed by atoms with E-state index in [0.717, 1.165) is 0 Å². The predicted octanol–water partition coefficient (Wildman–Crippen LogP) is 4.72. The lowest BCUT2D eigenvalue weighted by atomic mass is 9.96. The third-order valence-corrected chi connectivity index (χ3v) is 2.26. The lowest BCUT2D eigenvalue weighted by molar-refractivity contribution is -0.475. The molecule has 1 nitrogen and oxygen atoms in total. The molecule has 0 spiro atoms. The third-order valence-electron chi connectivity index (χ3n) is 2.26. The topological polar surface area (TPSA) is 9.23 Å². The predicted molar refractivity (Wildman–Crippen MR) is 42.4 cm³/mol. The molecule has 134 valence electrons. The molecule has 22 heavy (non-hydrogen) atoms. The van der Waals surface area contributed by atoms with Gasteiger partial charge in [0.1, 0.15) is 0 Å². The highest BCUT2D eigenvalue weighted by molar-refractivity contribution is 5.09. The quantitative estimate of drug-likeness (QED) is 0.642. The monoisotopic (exact) mass is 364 g/mol. The fourth-order valence-electron chi connectivity index (χ4n) is 1.14. The van der Waals surface area contributed by atoms with Gasteiger partial charge in [-0.15, -0.1) is 0 Å². The Hall–Kier alpha value is -0.950. The first-order valence-electron chi connectivity index (χ1n) is 4.91. The van der Waals surface area contributed by atoms with E-state index in [1.807, 2.05) is 0 Å². The fraction of sp³-hybridized carbons (Fsp3) is 1.00. The van der Waals surface area contributed by atoms with E-state index in [9.17, 15) is 57.1 Å². The summed E-state index contributed by atoms with van der Waals surface area (Å²) in [6.45, 7) is -1.46. The summed E-state index contributed by atoms with van der Waals surface area (Å²) in [4.78, 5) is 0. The van der Waals surface area contributed by atoms with Crippen LogP contribution >= 0.6 is 0 Å². The van der Waals surface area contributed by atoms with E-state index in [0.29, 0.717) is 6.92 Å². The van der Waals surface area contributed by atoms with Crippen LogP contribution in [0.25, 0.3) is 0 Å². The van der Waals surface area contributed by atoms with Gasteiger partial charge in [0.15, 0.2) is 0 Å². The molecular formula is C8H5F13O. The van der Waals surface area contributed by atoms with Gasteiger partial charge in [0, 0.05) is 6.61 Å². The molecule has 1 atom stereocenters. The zero-order valence-electron chi connectivity index (χ0n) is 10.0. The number of rotatable bonds is 5. The van der Waals surface area contributed by atoms with Crippen molar-refractivity contribution in [3.05, 3.63) is 0 Å². The molecular weight excluding hydrogens is 359 g/mol. The molecule has 0 fully saturated rings. The Morgan fingerprint density at radius 1 is 0.545 bits per heavy atom.